The summed E-state index contributed by atoms with van der Waals surface area (Å²) < 4.78 is 27.1. The van der Waals surface area contributed by atoms with Gasteiger partial charge in [0.2, 0.25) is 5.88 Å². The number of aliphatic carboxylic acids is 1. The maximum Gasteiger partial charge on any atom is 0.306 e. The molecule has 42 heavy (non-hydrogen) atoms. The van der Waals surface area contributed by atoms with Gasteiger partial charge in [0.05, 0.1) is 19.2 Å². The van der Waals surface area contributed by atoms with Crippen molar-refractivity contribution < 1.29 is 23.8 Å². The van der Waals surface area contributed by atoms with Crippen LogP contribution in [0.25, 0.3) is 11.1 Å². The number of pyridine rings is 1. The highest BCUT2D eigenvalue weighted by atomic mass is 19.1. The van der Waals surface area contributed by atoms with Crippen LogP contribution in [-0.4, -0.2) is 41.2 Å². The van der Waals surface area contributed by atoms with Crippen LogP contribution in [0.3, 0.4) is 0 Å². The largest absolute Gasteiger partial charge is 0.485 e. The first-order valence-corrected chi connectivity index (χ1v) is 15.4. The first-order valence-electron chi connectivity index (χ1n) is 15.4. The summed E-state index contributed by atoms with van der Waals surface area (Å²) >= 11 is 0. The number of hydrogen-bond acceptors (Lipinski definition) is 5. The number of nitrogens with zero attached hydrogens (tertiary/aromatic N) is 2. The van der Waals surface area contributed by atoms with E-state index in [0.717, 1.165) is 73.3 Å². The Bertz CT molecular complexity index is 1510. The van der Waals surface area contributed by atoms with Crippen molar-refractivity contribution in [2.24, 2.45) is 17.3 Å². The fraction of sp³-hybridized carbons (Fsp3) is 0.486. The maximum atomic E-state index is 15.1. The average molecular weight is 571 g/mol. The molecule has 3 fully saturated rings. The second-order valence-electron chi connectivity index (χ2n) is 13.1. The van der Waals surface area contributed by atoms with Gasteiger partial charge in [-0.1, -0.05) is 37.3 Å². The van der Waals surface area contributed by atoms with Crippen molar-refractivity contribution in [2.75, 3.05) is 20.2 Å². The fourth-order valence-electron chi connectivity index (χ4n) is 7.34. The maximum absolute atomic E-state index is 15.1. The van der Waals surface area contributed by atoms with Crippen LogP contribution in [0.2, 0.25) is 0 Å². The van der Waals surface area contributed by atoms with E-state index in [4.69, 9.17) is 9.47 Å². The highest BCUT2D eigenvalue weighted by Gasteiger charge is 2.47. The number of aromatic nitrogens is 1. The summed E-state index contributed by atoms with van der Waals surface area (Å²) in [7, 11) is 1.55. The van der Waals surface area contributed by atoms with E-state index >= 15 is 4.39 Å². The van der Waals surface area contributed by atoms with E-state index in [0.29, 0.717) is 22.8 Å². The summed E-state index contributed by atoms with van der Waals surface area (Å²) in [6.07, 6.45) is 8.90. The summed E-state index contributed by atoms with van der Waals surface area (Å²) in [5.74, 6) is 0.145. The summed E-state index contributed by atoms with van der Waals surface area (Å²) in [6.45, 7) is 4.76. The second-order valence-corrected chi connectivity index (χ2v) is 13.1. The number of rotatable bonds is 9. The molecule has 2 aliphatic heterocycles. The van der Waals surface area contributed by atoms with Crippen LogP contribution >= 0.6 is 0 Å². The lowest BCUT2D eigenvalue weighted by atomic mass is 9.82. The van der Waals surface area contributed by atoms with Crippen LogP contribution in [0.5, 0.6) is 11.6 Å². The molecule has 3 aromatic rings. The SMILES string of the molecule is COc1cc(-c2ccc([C@@H]3CCc4ccc(C(C5CC5)[C@H](C)C(=O)O)cc4O3)cc2CN2CCC3(CC3)C2)c(F)cn1. The lowest BCUT2D eigenvalue weighted by molar-refractivity contribution is -0.142. The van der Waals surface area contributed by atoms with Gasteiger partial charge < -0.3 is 14.6 Å². The van der Waals surface area contributed by atoms with E-state index in [9.17, 15) is 9.90 Å². The quantitative estimate of drug-likeness (QED) is 0.294. The molecule has 2 aromatic carbocycles. The summed E-state index contributed by atoms with van der Waals surface area (Å²) in [5, 5.41) is 9.76. The van der Waals surface area contributed by atoms with Crippen molar-refractivity contribution >= 4 is 5.97 Å². The van der Waals surface area contributed by atoms with E-state index in [1.54, 1.807) is 13.2 Å². The summed E-state index contributed by atoms with van der Waals surface area (Å²) in [6, 6.07) is 14.3. The van der Waals surface area contributed by atoms with Crippen LogP contribution in [0.1, 0.15) is 79.7 Å². The Morgan fingerprint density at radius 1 is 1.14 bits per heavy atom. The van der Waals surface area contributed by atoms with Gasteiger partial charge in [-0.15, -0.1) is 0 Å². The molecule has 0 bridgehead atoms. The Labute approximate surface area is 246 Å². The number of carbonyl (C=O) groups is 1. The predicted octanol–water partition coefficient (Wildman–Crippen LogP) is 7.16. The van der Waals surface area contributed by atoms with Crippen molar-refractivity contribution in [1.82, 2.24) is 9.88 Å². The molecule has 1 saturated heterocycles. The van der Waals surface area contributed by atoms with Crippen LogP contribution in [-0.2, 0) is 17.8 Å². The van der Waals surface area contributed by atoms with Crippen molar-refractivity contribution in [2.45, 2.75) is 70.4 Å². The van der Waals surface area contributed by atoms with Crippen LogP contribution in [0.15, 0.2) is 48.7 Å². The second kappa shape index (κ2) is 10.7. The number of halogens is 1. The highest BCUT2D eigenvalue weighted by Crippen LogP contribution is 2.53. The molecule has 220 valence electrons. The van der Waals surface area contributed by atoms with Crippen LogP contribution in [0, 0.1) is 23.1 Å². The van der Waals surface area contributed by atoms with Crippen molar-refractivity contribution in [3.8, 4) is 22.8 Å². The minimum atomic E-state index is -0.745. The number of carboxylic acids is 1. The number of methoxy groups -OCH3 is 1. The zero-order valence-electron chi connectivity index (χ0n) is 24.4. The molecule has 4 aliphatic rings. The molecule has 3 atom stereocenters. The van der Waals surface area contributed by atoms with Gasteiger partial charge in [0, 0.05) is 24.7 Å². The molecule has 1 unspecified atom stereocenters. The topological polar surface area (TPSA) is 71.9 Å². The molecule has 6 nitrogen and oxygen atoms in total. The molecular formula is C35H39FN2O4. The standard InChI is InChI=1S/C35H39FN2O4/c1-21(34(39)40)33(23-4-5-23)25-6-3-22-8-10-30(42-31(22)16-25)24-7-9-27(28-17-32(41-2)37-18-29(28)36)26(15-24)19-38-14-13-35(20-38)11-12-35/h3,6-7,9,15-18,21,23,30,33H,4-5,8,10-14,19-20H2,1-2H3,(H,39,40)/t21-,30-,33?/m0/s1. The zero-order chi connectivity index (χ0) is 29.0. The van der Waals surface area contributed by atoms with Crippen molar-refractivity contribution in [3.63, 3.8) is 0 Å². The zero-order valence-corrected chi connectivity index (χ0v) is 24.4. The first kappa shape index (κ1) is 27.4. The molecule has 7 rings (SSSR count). The molecule has 0 amide bonds. The first-order chi connectivity index (χ1) is 20.3. The fourth-order valence-corrected chi connectivity index (χ4v) is 7.34. The van der Waals surface area contributed by atoms with E-state index in [2.05, 4.69) is 40.2 Å². The molecule has 2 aliphatic carbocycles. The number of aryl methyl sites for hydroxylation is 1. The molecule has 0 radical (unpaired) electrons. The average Bonchev–Trinajstić information content (AvgIpc) is 3.92. The molecule has 2 saturated carbocycles. The van der Waals surface area contributed by atoms with E-state index in [1.807, 2.05) is 13.0 Å². The summed E-state index contributed by atoms with van der Waals surface area (Å²) in [4.78, 5) is 18.4. The Morgan fingerprint density at radius 2 is 1.98 bits per heavy atom. The summed E-state index contributed by atoms with van der Waals surface area (Å²) in [5.41, 5.74) is 6.28. The van der Waals surface area contributed by atoms with Crippen LogP contribution < -0.4 is 9.47 Å². The number of carboxylic acid groups (broad SMARTS) is 1. The molecule has 1 spiro atoms. The van der Waals surface area contributed by atoms with Gasteiger partial charge in [0.15, 0.2) is 0 Å². The van der Waals surface area contributed by atoms with Gasteiger partial charge in [0.1, 0.15) is 17.7 Å². The Kier molecular flexibility index (Phi) is 6.96. The third kappa shape index (κ3) is 5.28. The molecule has 1 aromatic heterocycles. The van der Waals surface area contributed by atoms with E-state index in [-0.39, 0.29) is 17.8 Å². The monoisotopic (exact) mass is 570 g/mol. The van der Waals surface area contributed by atoms with Gasteiger partial charge in [-0.3, -0.25) is 9.69 Å². The highest BCUT2D eigenvalue weighted by molar-refractivity contribution is 5.71. The predicted molar refractivity (Wildman–Crippen MR) is 158 cm³/mol. The number of ether oxygens (including phenoxy) is 2. The Morgan fingerprint density at radius 3 is 2.69 bits per heavy atom. The van der Waals surface area contributed by atoms with Gasteiger partial charge in [-0.05, 0) is 103 Å². The number of benzene rings is 2. The van der Waals surface area contributed by atoms with E-state index < -0.39 is 11.9 Å². The van der Waals surface area contributed by atoms with E-state index in [1.165, 1.54) is 31.0 Å². The third-order valence-corrected chi connectivity index (χ3v) is 10.2. The third-order valence-electron chi connectivity index (χ3n) is 10.2. The normalized spacial score (nSPS) is 22.3. The van der Waals surface area contributed by atoms with Gasteiger partial charge in [0.25, 0.3) is 0 Å². The van der Waals surface area contributed by atoms with Crippen molar-refractivity contribution in [1.29, 1.82) is 0 Å². The van der Waals surface area contributed by atoms with Gasteiger partial charge in [-0.2, -0.15) is 0 Å². The minimum Gasteiger partial charge on any atom is -0.485 e. The Balaban J connectivity index is 1.20. The lowest BCUT2D eigenvalue weighted by Gasteiger charge is -2.29. The Hall–Kier alpha value is -3.45. The van der Waals surface area contributed by atoms with Crippen LogP contribution in [0.4, 0.5) is 4.39 Å². The molecule has 1 N–H and O–H groups in total. The van der Waals surface area contributed by atoms with Gasteiger partial charge >= 0.3 is 5.97 Å². The number of fused-ring (bicyclic) bond motifs is 1. The van der Waals surface area contributed by atoms with Gasteiger partial charge in [-0.25, -0.2) is 9.37 Å². The minimum absolute atomic E-state index is 0.00475. The lowest BCUT2D eigenvalue weighted by Crippen LogP contribution is -2.22. The molecular weight excluding hydrogens is 531 g/mol. The molecule has 3 heterocycles. The smallest absolute Gasteiger partial charge is 0.306 e. The molecule has 7 heteroatoms. The number of hydrogen-bond donors (Lipinski definition) is 1. The van der Waals surface area contributed by atoms with Crippen molar-refractivity contribution in [3.05, 3.63) is 76.7 Å². The number of likely N-dealkylation sites (tertiary alicyclic amines) is 1.